The van der Waals surface area contributed by atoms with E-state index in [2.05, 4.69) is 5.10 Å². The van der Waals surface area contributed by atoms with Crippen molar-refractivity contribution < 1.29 is 19.2 Å². The van der Waals surface area contributed by atoms with Crippen LogP contribution in [0.15, 0.2) is 77.9 Å². The van der Waals surface area contributed by atoms with E-state index in [1.807, 2.05) is 0 Å². The zero-order valence-electron chi connectivity index (χ0n) is 18.4. The highest BCUT2D eigenvalue weighted by Crippen LogP contribution is 2.40. The summed E-state index contributed by atoms with van der Waals surface area (Å²) in [6.45, 7) is 1.90. The first-order valence-electron chi connectivity index (χ1n) is 10.4. The molecule has 0 saturated carbocycles. The first-order chi connectivity index (χ1) is 16.4. The highest BCUT2D eigenvalue weighted by molar-refractivity contribution is 6.42. The Kier molecular flexibility index (Phi) is 6.65. The summed E-state index contributed by atoms with van der Waals surface area (Å²) in [5, 5.41) is 18.0. The molecular formula is C24H21ClN4O5. The second kappa shape index (κ2) is 9.80. The topological polar surface area (TPSA) is 97.5 Å². The molecule has 0 amide bonds. The zero-order valence-corrected chi connectivity index (χ0v) is 19.2. The van der Waals surface area contributed by atoms with Crippen molar-refractivity contribution >= 4 is 40.5 Å². The summed E-state index contributed by atoms with van der Waals surface area (Å²) in [6, 6.07) is 20.3. The zero-order chi connectivity index (χ0) is 24.2. The Morgan fingerprint density at radius 3 is 2.21 bits per heavy atom. The van der Waals surface area contributed by atoms with Crippen LogP contribution < -0.4 is 14.6 Å². The number of carbonyl (C=O) groups excluding carboxylic acids is 1. The third-order valence-electron chi connectivity index (χ3n) is 5.21. The number of benzene rings is 3. The normalized spacial score (nSPS) is 15.1. The lowest BCUT2D eigenvalue weighted by Gasteiger charge is -2.32. The summed E-state index contributed by atoms with van der Waals surface area (Å²) in [5.41, 5.74) is 1.97. The number of nitrogens with zero attached hydrogens (tertiary/aromatic N) is 4. The Balaban J connectivity index is 1.88. The lowest BCUT2D eigenvalue weighted by atomic mass is 10.1. The molecule has 1 heterocycles. The molecule has 0 aromatic heterocycles. The molecule has 0 spiro atoms. The number of nitro benzene ring substituents is 1. The highest BCUT2D eigenvalue weighted by atomic mass is 35.5. The predicted octanol–water partition coefficient (Wildman–Crippen LogP) is 5.16. The Morgan fingerprint density at radius 1 is 1.03 bits per heavy atom. The maximum atomic E-state index is 12.9. The van der Waals surface area contributed by atoms with Gasteiger partial charge in [0.2, 0.25) is 5.84 Å². The first-order valence-corrected chi connectivity index (χ1v) is 10.8. The van der Waals surface area contributed by atoms with Gasteiger partial charge in [0, 0.05) is 22.8 Å². The van der Waals surface area contributed by atoms with Crippen molar-refractivity contribution in [3.63, 3.8) is 0 Å². The van der Waals surface area contributed by atoms with E-state index in [1.54, 1.807) is 84.6 Å². The molecule has 3 aromatic carbocycles. The van der Waals surface area contributed by atoms with Crippen LogP contribution in [0.3, 0.4) is 0 Å². The molecule has 0 radical (unpaired) electrons. The van der Waals surface area contributed by atoms with Gasteiger partial charge in [0.15, 0.2) is 6.17 Å². The number of carbonyl (C=O) groups is 1. The number of hydrogen-bond donors (Lipinski definition) is 0. The van der Waals surface area contributed by atoms with E-state index >= 15 is 0 Å². The van der Waals surface area contributed by atoms with Gasteiger partial charge in [0.25, 0.3) is 5.69 Å². The molecule has 4 rings (SSSR count). The third-order valence-corrected chi connectivity index (χ3v) is 5.46. The van der Waals surface area contributed by atoms with Crippen LogP contribution in [0.2, 0.25) is 5.02 Å². The van der Waals surface area contributed by atoms with Crippen LogP contribution >= 0.6 is 11.6 Å². The summed E-state index contributed by atoms with van der Waals surface area (Å²) in [4.78, 5) is 25.4. The van der Waals surface area contributed by atoms with Crippen molar-refractivity contribution in [3.05, 3.63) is 93.5 Å². The monoisotopic (exact) mass is 480 g/mol. The van der Waals surface area contributed by atoms with Gasteiger partial charge in [-0.3, -0.25) is 15.0 Å². The molecule has 0 aliphatic carbocycles. The molecule has 10 heteroatoms. The first kappa shape index (κ1) is 23.1. The van der Waals surface area contributed by atoms with E-state index in [-0.39, 0.29) is 18.1 Å². The van der Waals surface area contributed by atoms with Gasteiger partial charge >= 0.3 is 5.97 Å². The van der Waals surface area contributed by atoms with Crippen molar-refractivity contribution in [2.45, 2.75) is 13.1 Å². The van der Waals surface area contributed by atoms with E-state index < -0.39 is 17.1 Å². The molecule has 0 unspecified atom stereocenters. The summed E-state index contributed by atoms with van der Waals surface area (Å²) < 4.78 is 10.6. The number of methoxy groups -OCH3 is 1. The minimum absolute atomic E-state index is 0.0395. The Labute approximate surface area is 200 Å². The summed E-state index contributed by atoms with van der Waals surface area (Å²) in [6.07, 6.45) is -0.630. The van der Waals surface area contributed by atoms with Gasteiger partial charge in [-0.05, 0) is 73.2 Å². The number of rotatable bonds is 7. The van der Waals surface area contributed by atoms with Crippen molar-refractivity contribution in [2.24, 2.45) is 5.10 Å². The number of nitro groups is 1. The second-order valence-electron chi connectivity index (χ2n) is 7.26. The van der Waals surface area contributed by atoms with E-state index in [9.17, 15) is 14.9 Å². The molecule has 1 aliphatic heterocycles. The molecule has 0 saturated heterocycles. The molecule has 0 bridgehead atoms. The Bertz CT molecular complexity index is 1210. The number of amidine groups is 1. The van der Waals surface area contributed by atoms with Crippen LogP contribution in [0, 0.1) is 10.1 Å². The fourth-order valence-electron chi connectivity index (χ4n) is 3.62. The van der Waals surface area contributed by atoms with Crippen LogP contribution in [-0.4, -0.2) is 30.4 Å². The van der Waals surface area contributed by atoms with Crippen molar-refractivity contribution in [2.75, 3.05) is 23.6 Å². The second-order valence-corrected chi connectivity index (χ2v) is 7.69. The molecule has 0 fully saturated rings. The number of halogens is 1. The molecular weight excluding hydrogens is 460 g/mol. The van der Waals surface area contributed by atoms with Gasteiger partial charge in [-0.15, -0.1) is 5.10 Å². The number of hydrogen-bond acceptors (Lipinski definition) is 8. The molecule has 9 nitrogen and oxygen atoms in total. The molecule has 0 N–H and O–H groups in total. The summed E-state index contributed by atoms with van der Waals surface area (Å²) >= 11 is 6.08. The molecule has 34 heavy (non-hydrogen) atoms. The quantitative estimate of drug-likeness (QED) is 0.262. The minimum Gasteiger partial charge on any atom is -0.497 e. The smallest absolute Gasteiger partial charge is 0.376 e. The average molecular weight is 481 g/mol. The third kappa shape index (κ3) is 4.51. The van der Waals surface area contributed by atoms with Gasteiger partial charge in [0.05, 0.1) is 24.3 Å². The van der Waals surface area contributed by atoms with Crippen molar-refractivity contribution in [1.29, 1.82) is 0 Å². The van der Waals surface area contributed by atoms with E-state index in [0.717, 1.165) is 0 Å². The van der Waals surface area contributed by atoms with E-state index in [0.29, 0.717) is 27.7 Å². The number of hydrazone groups is 1. The van der Waals surface area contributed by atoms with Gasteiger partial charge in [-0.2, -0.15) is 0 Å². The standard InChI is InChI=1S/C24H21ClN4O5/c1-3-34-24(30)22-26-28(19-10-6-17(25)7-11-19)23(16-4-8-20(9-5-16)29(31)32)27(22)18-12-14-21(33-2)15-13-18/h4-15,23H,3H2,1-2H3/t23-/m0/s1. The minimum atomic E-state index is -0.630. The molecule has 174 valence electrons. The van der Waals surface area contributed by atoms with Crippen LogP contribution in [-0.2, 0) is 9.53 Å². The van der Waals surface area contributed by atoms with Gasteiger partial charge in [-0.1, -0.05) is 11.6 Å². The fourth-order valence-corrected chi connectivity index (χ4v) is 3.75. The summed E-state index contributed by atoms with van der Waals surface area (Å²) in [7, 11) is 1.57. The fraction of sp³-hybridized carbons (Fsp3) is 0.167. The lowest BCUT2D eigenvalue weighted by Crippen LogP contribution is -2.39. The number of esters is 1. The van der Waals surface area contributed by atoms with Crippen LogP contribution in [0.4, 0.5) is 17.1 Å². The number of anilines is 2. The highest BCUT2D eigenvalue weighted by Gasteiger charge is 2.41. The van der Waals surface area contributed by atoms with Gasteiger partial charge < -0.3 is 9.47 Å². The Morgan fingerprint density at radius 2 is 1.65 bits per heavy atom. The van der Waals surface area contributed by atoms with E-state index in [1.165, 1.54) is 12.1 Å². The number of non-ortho nitro benzene ring substituents is 1. The maximum absolute atomic E-state index is 12.9. The van der Waals surface area contributed by atoms with Crippen LogP contribution in [0.25, 0.3) is 0 Å². The van der Waals surface area contributed by atoms with Crippen LogP contribution in [0.1, 0.15) is 18.7 Å². The number of ether oxygens (including phenoxy) is 2. The van der Waals surface area contributed by atoms with E-state index in [4.69, 9.17) is 21.1 Å². The molecule has 1 atom stereocenters. The Hall–Kier alpha value is -4.11. The SMILES string of the molecule is CCOC(=O)C1=NN(c2ccc(Cl)cc2)[C@@H](c2ccc([N+](=O)[O-])cc2)N1c1ccc(OC)cc1. The average Bonchev–Trinajstić information content (AvgIpc) is 3.25. The van der Waals surface area contributed by atoms with Crippen molar-refractivity contribution in [1.82, 2.24) is 0 Å². The van der Waals surface area contributed by atoms with Crippen LogP contribution in [0.5, 0.6) is 5.75 Å². The molecule has 1 aliphatic rings. The van der Waals surface area contributed by atoms with Crippen molar-refractivity contribution in [3.8, 4) is 5.75 Å². The van der Waals surface area contributed by atoms with Gasteiger partial charge in [-0.25, -0.2) is 9.80 Å². The van der Waals surface area contributed by atoms with Gasteiger partial charge in [0.1, 0.15) is 5.75 Å². The predicted molar refractivity (Wildman–Crippen MR) is 129 cm³/mol. The summed E-state index contributed by atoms with van der Waals surface area (Å²) in [5.74, 6) is 0.131. The molecule has 3 aromatic rings. The lowest BCUT2D eigenvalue weighted by molar-refractivity contribution is -0.384. The maximum Gasteiger partial charge on any atom is 0.376 e. The largest absolute Gasteiger partial charge is 0.497 e.